The molecule has 1 amide bonds. The van der Waals surface area contributed by atoms with Crippen molar-refractivity contribution in [3.05, 3.63) is 24.3 Å². The highest BCUT2D eigenvalue weighted by molar-refractivity contribution is 7.47. The first-order chi connectivity index (χ1) is 26.8. The van der Waals surface area contributed by atoms with Crippen LogP contribution in [-0.2, 0) is 18.4 Å². The molecule has 0 aromatic rings. The molecule has 1 fully saturated rings. The molecule has 9 N–H and O–H groups in total. The fourth-order valence-electron chi connectivity index (χ4n) is 6.89. The van der Waals surface area contributed by atoms with E-state index in [1.165, 1.54) is 102 Å². The molecular weight excluding hydrogens is 741 g/mol. The zero-order valence-corrected chi connectivity index (χ0v) is 35.4. The number of hydrogen-bond donors (Lipinski definition) is 9. The van der Waals surface area contributed by atoms with Gasteiger partial charge in [-0.15, -0.1) is 0 Å². The molecule has 1 rings (SSSR count). The van der Waals surface area contributed by atoms with E-state index in [2.05, 4.69) is 19.2 Å². The van der Waals surface area contributed by atoms with Gasteiger partial charge in [0.15, 0.2) is 0 Å². The number of rotatable bonds is 35. The Hall–Kier alpha value is -1.22. The summed E-state index contributed by atoms with van der Waals surface area (Å²) in [5, 5.41) is 74.0. The Morgan fingerprint density at radius 3 is 1.52 bits per heavy atom. The number of amides is 1. The Balaban J connectivity index is 2.55. The average Bonchev–Trinajstić information content (AvgIpc) is 3.17. The van der Waals surface area contributed by atoms with E-state index in [0.717, 1.165) is 44.9 Å². The average molecular weight is 822 g/mol. The largest absolute Gasteiger partial charge is 0.472 e. The molecule has 1 saturated carbocycles. The Kier molecular flexibility index (Phi) is 30.7. The minimum absolute atomic E-state index is 0.252. The predicted molar refractivity (Wildman–Crippen MR) is 220 cm³/mol. The monoisotopic (exact) mass is 822 g/mol. The van der Waals surface area contributed by atoms with Crippen LogP contribution in [0.25, 0.3) is 0 Å². The minimum atomic E-state index is -5.14. The number of aliphatic hydroxyl groups excluding tert-OH is 7. The summed E-state index contributed by atoms with van der Waals surface area (Å²) in [6.07, 6.45) is 20.3. The number of phosphoric ester groups is 1. The van der Waals surface area contributed by atoms with Crippen molar-refractivity contribution in [2.45, 2.75) is 229 Å². The summed E-state index contributed by atoms with van der Waals surface area (Å²) in [7, 11) is -5.14. The maximum Gasteiger partial charge on any atom is 0.472 e. The lowest BCUT2D eigenvalue weighted by molar-refractivity contribution is -0.220. The van der Waals surface area contributed by atoms with Crippen LogP contribution in [0.4, 0.5) is 0 Å². The van der Waals surface area contributed by atoms with Gasteiger partial charge in [-0.2, -0.15) is 0 Å². The van der Waals surface area contributed by atoms with E-state index in [-0.39, 0.29) is 12.8 Å². The molecule has 1 aliphatic rings. The standard InChI is InChI=1S/C42H80NO12P/c1-3-5-7-9-11-12-13-14-15-16-17-18-19-20-21-22-24-26-28-30-35(45)34(43-36(46)31-33(44)29-27-25-23-10-8-6-4-2)32-54-56(52,53)55-42-40(50)38(48)37(47)39(49)41(42)51/h25,27-28,30,33-35,37-42,44-45,47-51H,3-24,26,29,31-32H2,1-2H3,(H,43,46)(H,52,53)/b27-25-,30-28+. The van der Waals surface area contributed by atoms with Crippen LogP contribution in [0, 0.1) is 0 Å². The third kappa shape index (κ3) is 24.6. The first-order valence-corrected chi connectivity index (χ1v) is 23.4. The number of unbranched alkanes of at least 4 members (excludes halogenated alkanes) is 21. The highest BCUT2D eigenvalue weighted by atomic mass is 31.2. The van der Waals surface area contributed by atoms with Crippen molar-refractivity contribution in [2.75, 3.05) is 6.61 Å². The van der Waals surface area contributed by atoms with Crippen molar-refractivity contribution in [1.82, 2.24) is 5.32 Å². The second-order valence-electron chi connectivity index (χ2n) is 15.7. The number of aliphatic hydroxyl groups is 7. The van der Waals surface area contributed by atoms with Crippen LogP contribution in [0.2, 0.25) is 0 Å². The normalized spacial score (nSPS) is 24.4. The third-order valence-electron chi connectivity index (χ3n) is 10.5. The maximum atomic E-state index is 12.9. The Morgan fingerprint density at radius 2 is 1.04 bits per heavy atom. The van der Waals surface area contributed by atoms with E-state index in [4.69, 9.17) is 9.05 Å². The first kappa shape index (κ1) is 52.8. The quantitative estimate of drug-likeness (QED) is 0.0192. The fourth-order valence-corrected chi connectivity index (χ4v) is 7.85. The van der Waals surface area contributed by atoms with Gasteiger partial charge in [-0.1, -0.05) is 160 Å². The van der Waals surface area contributed by atoms with Crippen LogP contribution in [-0.4, -0.2) is 108 Å². The van der Waals surface area contributed by atoms with E-state index in [9.17, 15) is 50.0 Å². The van der Waals surface area contributed by atoms with Crippen molar-refractivity contribution in [3.8, 4) is 0 Å². The predicted octanol–water partition coefficient (Wildman–Crippen LogP) is 6.42. The van der Waals surface area contributed by atoms with E-state index in [1.54, 1.807) is 6.08 Å². The van der Waals surface area contributed by atoms with E-state index < -0.39 is 75.2 Å². The van der Waals surface area contributed by atoms with Gasteiger partial charge in [0.2, 0.25) is 5.91 Å². The van der Waals surface area contributed by atoms with Crippen molar-refractivity contribution in [1.29, 1.82) is 0 Å². The molecule has 0 aromatic heterocycles. The molecule has 8 atom stereocenters. The van der Waals surface area contributed by atoms with Gasteiger partial charge in [-0.3, -0.25) is 13.8 Å². The summed E-state index contributed by atoms with van der Waals surface area (Å²) in [5.74, 6) is -0.630. The summed E-state index contributed by atoms with van der Waals surface area (Å²) >= 11 is 0. The zero-order chi connectivity index (χ0) is 41.6. The highest BCUT2D eigenvalue weighted by Crippen LogP contribution is 2.47. The molecule has 330 valence electrons. The van der Waals surface area contributed by atoms with Gasteiger partial charge in [0, 0.05) is 0 Å². The van der Waals surface area contributed by atoms with E-state index in [1.807, 2.05) is 12.2 Å². The zero-order valence-electron chi connectivity index (χ0n) is 34.5. The number of allylic oxidation sites excluding steroid dienone is 2. The number of phosphoric acid groups is 1. The lowest BCUT2D eigenvalue weighted by atomic mass is 9.85. The minimum Gasteiger partial charge on any atom is -0.392 e. The van der Waals surface area contributed by atoms with Crippen LogP contribution in [0.1, 0.15) is 174 Å². The van der Waals surface area contributed by atoms with Gasteiger partial charge < -0.3 is 46.0 Å². The van der Waals surface area contributed by atoms with Crippen LogP contribution >= 0.6 is 7.82 Å². The Labute approximate surface area is 337 Å². The van der Waals surface area contributed by atoms with Gasteiger partial charge in [0.1, 0.15) is 36.6 Å². The van der Waals surface area contributed by atoms with Crippen LogP contribution in [0.15, 0.2) is 24.3 Å². The summed E-state index contributed by atoms with van der Waals surface area (Å²) < 4.78 is 22.7. The highest BCUT2D eigenvalue weighted by Gasteiger charge is 2.51. The van der Waals surface area contributed by atoms with Gasteiger partial charge >= 0.3 is 7.82 Å². The topological polar surface area (TPSA) is 226 Å². The van der Waals surface area contributed by atoms with Gasteiger partial charge in [-0.25, -0.2) is 4.57 Å². The Morgan fingerprint density at radius 1 is 0.625 bits per heavy atom. The van der Waals surface area contributed by atoms with E-state index in [0.29, 0.717) is 6.42 Å². The molecule has 0 heterocycles. The molecule has 14 heteroatoms. The third-order valence-corrected chi connectivity index (χ3v) is 11.5. The van der Waals surface area contributed by atoms with Crippen molar-refractivity contribution < 1.29 is 59.0 Å². The summed E-state index contributed by atoms with van der Waals surface area (Å²) in [5.41, 5.74) is 0. The van der Waals surface area contributed by atoms with Crippen LogP contribution < -0.4 is 5.32 Å². The smallest absolute Gasteiger partial charge is 0.392 e. The molecule has 0 saturated heterocycles. The molecule has 56 heavy (non-hydrogen) atoms. The molecule has 0 radical (unpaired) electrons. The molecule has 1 aliphatic carbocycles. The number of carbonyl (C=O) groups excluding carboxylic acids is 1. The van der Waals surface area contributed by atoms with Crippen molar-refractivity contribution in [2.24, 2.45) is 0 Å². The fraction of sp³-hybridized carbons (Fsp3) is 0.881. The molecule has 0 spiro atoms. The number of hydrogen-bond acceptors (Lipinski definition) is 11. The van der Waals surface area contributed by atoms with Crippen LogP contribution in [0.5, 0.6) is 0 Å². The van der Waals surface area contributed by atoms with Gasteiger partial charge in [0.05, 0.1) is 31.3 Å². The molecule has 8 unspecified atom stereocenters. The molecule has 0 bridgehead atoms. The number of carbonyl (C=O) groups is 1. The molecule has 0 aromatic carbocycles. The number of nitrogens with one attached hydrogen (secondary N) is 1. The SMILES string of the molecule is CCCCCC/C=C\CC(O)CC(=O)NC(COP(=O)(O)OC1C(O)C(O)C(O)C(O)C1O)C(O)/C=C/CCCCCCCCCCCCCCCCCCC. The summed E-state index contributed by atoms with van der Waals surface area (Å²) in [4.78, 5) is 23.2. The second kappa shape index (κ2) is 32.6. The second-order valence-corrected chi connectivity index (χ2v) is 17.1. The van der Waals surface area contributed by atoms with Gasteiger partial charge in [0.25, 0.3) is 0 Å². The van der Waals surface area contributed by atoms with E-state index >= 15 is 0 Å². The van der Waals surface area contributed by atoms with Crippen LogP contribution in [0.3, 0.4) is 0 Å². The molecule has 13 nitrogen and oxygen atoms in total. The summed E-state index contributed by atoms with van der Waals surface area (Å²) in [6.45, 7) is 3.65. The Bertz CT molecular complexity index is 1060. The van der Waals surface area contributed by atoms with Crippen molar-refractivity contribution >= 4 is 13.7 Å². The lowest BCUT2D eigenvalue weighted by Crippen LogP contribution is -2.64. The van der Waals surface area contributed by atoms with Gasteiger partial charge in [-0.05, 0) is 32.1 Å². The molecular formula is C42H80NO12P. The summed E-state index contributed by atoms with van der Waals surface area (Å²) in [6, 6.07) is -1.25. The molecule has 0 aliphatic heterocycles. The van der Waals surface area contributed by atoms with Crippen molar-refractivity contribution in [3.63, 3.8) is 0 Å². The maximum absolute atomic E-state index is 12.9. The first-order valence-electron chi connectivity index (χ1n) is 21.9. The lowest BCUT2D eigenvalue weighted by Gasteiger charge is -2.41.